The Kier molecular flexibility index (Phi) is 6.27. The van der Waals surface area contributed by atoms with Crippen LogP contribution in [0.5, 0.6) is 0 Å². The second-order valence-electron chi connectivity index (χ2n) is 7.46. The predicted molar refractivity (Wildman–Crippen MR) is 115 cm³/mol. The number of rotatable bonds is 4. The summed E-state index contributed by atoms with van der Waals surface area (Å²) in [5.41, 5.74) is 0.973. The molecule has 0 unspecified atom stereocenters. The average Bonchev–Trinajstić information content (AvgIpc) is 3.24. The van der Waals surface area contributed by atoms with Crippen molar-refractivity contribution in [1.82, 2.24) is 15.1 Å². The van der Waals surface area contributed by atoms with E-state index in [9.17, 15) is 4.79 Å². The smallest absolute Gasteiger partial charge is 0.246 e. The van der Waals surface area contributed by atoms with Gasteiger partial charge in [0.2, 0.25) is 11.0 Å². The molecule has 1 aromatic heterocycles. The van der Waals surface area contributed by atoms with Crippen LogP contribution in [-0.4, -0.2) is 47.2 Å². The van der Waals surface area contributed by atoms with E-state index in [4.69, 9.17) is 11.6 Å². The summed E-state index contributed by atoms with van der Waals surface area (Å²) >= 11 is 7.63. The lowest BCUT2D eigenvalue weighted by Crippen LogP contribution is -2.48. The van der Waals surface area contributed by atoms with Crippen molar-refractivity contribution in [1.29, 1.82) is 0 Å². The number of halogens is 1. The zero-order valence-corrected chi connectivity index (χ0v) is 17.5. The molecular weight excluding hydrogens is 392 g/mol. The zero-order chi connectivity index (χ0) is 19.3. The van der Waals surface area contributed by atoms with E-state index in [0.717, 1.165) is 23.8 Å². The van der Waals surface area contributed by atoms with Crippen molar-refractivity contribution in [2.24, 2.45) is 0 Å². The summed E-state index contributed by atoms with van der Waals surface area (Å²) < 4.78 is 0. The van der Waals surface area contributed by atoms with Gasteiger partial charge in [0.15, 0.2) is 0 Å². The number of piperazine rings is 1. The van der Waals surface area contributed by atoms with Gasteiger partial charge < -0.3 is 9.80 Å². The maximum atomic E-state index is 12.5. The van der Waals surface area contributed by atoms with Gasteiger partial charge in [-0.25, -0.2) is 0 Å². The van der Waals surface area contributed by atoms with E-state index in [-0.39, 0.29) is 5.91 Å². The molecule has 2 fully saturated rings. The Morgan fingerprint density at radius 1 is 1.04 bits per heavy atom. The number of hydrogen-bond donors (Lipinski definition) is 0. The van der Waals surface area contributed by atoms with Crippen molar-refractivity contribution in [2.75, 3.05) is 31.1 Å². The van der Waals surface area contributed by atoms with Crippen molar-refractivity contribution in [2.45, 2.75) is 38.0 Å². The standard InChI is InChI=1S/C21H25ClN4OS/c22-18-9-6-16(7-10-18)8-11-19(27)25-12-14-26(15-13-25)21-24-23-20(28-21)17-4-2-1-3-5-17/h6-11,17H,1-5,12-15H2/b11-8+. The second-order valence-corrected chi connectivity index (χ2v) is 8.88. The van der Waals surface area contributed by atoms with E-state index >= 15 is 0 Å². The van der Waals surface area contributed by atoms with Crippen LogP contribution in [0.4, 0.5) is 5.13 Å². The van der Waals surface area contributed by atoms with E-state index < -0.39 is 0 Å². The molecule has 7 heteroatoms. The lowest BCUT2D eigenvalue weighted by molar-refractivity contribution is -0.126. The van der Waals surface area contributed by atoms with Gasteiger partial charge in [0.25, 0.3) is 0 Å². The minimum atomic E-state index is 0.0507. The van der Waals surface area contributed by atoms with E-state index in [1.165, 1.54) is 37.1 Å². The fourth-order valence-electron chi connectivity index (χ4n) is 3.83. The molecule has 0 bridgehead atoms. The molecule has 5 nitrogen and oxygen atoms in total. The van der Waals surface area contributed by atoms with Crippen molar-refractivity contribution >= 4 is 40.1 Å². The molecule has 0 radical (unpaired) electrons. The molecule has 0 atom stereocenters. The van der Waals surface area contributed by atoms with Crippen LogP contribution in [0.25, 0.3) is 6.08 Å². The molecule has 2 aromatic rings. The minimum absolute atomic E-state index is 0.0507. The molecule has 2 aliphatic rings. The van der Waals surface area contributed by atoms with Gasteiger partial charge in [-0.2, -0.15) is 0 Å². The Labute approximate surface area is 175 Å². The Hall–Kier alpha value is -1.92. The van der Waals surface area contributed by atoms with E-state index in [1.807, 2.05) is 35.2 Å². The Morgan fingerprint density at radius 3 is 2.46 bits per heavy atom. The highest BCUT2D eigenvalue weighted by Crippen LogP contribution is 2.36. The summed E-state index contributed by atoms with van der Waals surface area (Å²) in [6.45, 7) is 3.03. The Balaban J connectivity index is 1.30. The van der Waals surface area contributed by atoms with Crippen LogP contribution in [-0.2, 0) is 4.79 Å². The van der Waals surface area contributed by atoms with Gasteiger partial charge in [-0.05, 0) is 36.6 Å². The summed E-state index contributed by atoms with van der Waals surface area (Å²) in [4.78, 5) is 16.6. The lowest BCUT2D eigenvalue weighted by Gasteiger charge is -2.33. The molecule has 2 heterocycles. The van der Waals surface area contributed by atoms with Gasteiger partial charge in [0, 0.05) is 43.2 Å². The molecular formula is C21H25ClN4OS. The first-order chi connectivity index (χ1) is 13.7. The lowest BCUT2D eigenvalue weighted by atomic mass is 9.90. The molecule has 28 heavy (non-hydrogen) atoms. The van der Waals surface area contributed by atoms with Crippen LogP contribution >= 0.6 is 22.9 Å². The van der Waals surface area contributed by atoms with E-state index in [0.29, 0.717) is 24.0 Å². The number of amides is 1. The van der Waals surface area contributed by atoms with Crippen LogP contribution in [0.3, 0.4) is 0 Å². The van der Waals surface area contributed by atoms with Crippen LogP contribution < -0.4 is 4.90 Å². The van der Waals surface area contributed by atoms with Gasteiger partial charge in [-0.15, -0.1) is 10.2 Å². The van der Waals surface area contributed by atoms with Gasteiger partial charge in [-0.3, -0.25) is 4.79 Å². The van der Waals surface area contributed by atoms with Gasteiger partial charge in [0.1, 0.15) is 5.01 Å². The molecule has 1 saturated heterocycles. The first-order valence-corrected chi connectivity index (χ1v) is 11.2. The van der Waals surface area contributed by atoms with Crippen LogP contribution in [0, 0.1) is 0 Å². The fourth-order valence-corrected chi connectivity index (χ4v) is 5.02. The molecule has 1 aromatic carbocycles. The molecule has 1 amide bonds. The Morgan fingerprint density at radius 2 is 1.75 bits per heavy atom. The number of nitrogens with zero attached hydrogens (tertiary/aromatic N) is 4. The third-order valence-corrected chi connectivity index (χ3v) is 6.93. The topological polar surface area (TPSA) is 49.3 Å². The van der Waals surface area contributed by atoms with Crippen molar-refractivity contribution < 1.29 is 4.79 Å². The van der Waals surface area contributed by atoms with E-state index in [1.54, 1.807) is 17.4 Å². The minimum Gasteiger partial charge on any atom is -0.343 e. The number of benzene rings is 1. The molecule has 1 saturated carbocycles. The normalized spacial score (nSPS) is 18.8. The van der Waals surface area contributed by atoms with Crippen LogP contribution in [0.1, 0.15) is 48.6 Å². The highest BCUT2D eigenvalue weighted by molar-refractivity contribution is 7.15. The summed E-state index contributed by atoms with van der Waals surface area (Å²) in [6.07, 6.45) is 9.95. The third-order valence-electron chi connectivity index (χ3n) is 5.53. The zero-order valence-electron chi connectivity index (χ0n) is 15.9. The first-order valence-electron chi connectivity index (χ1n) is 10.00. The van der Waals surface area contributed by atoms with Gasteiger partial charge in [0.05, 0.1) is 0 Å². The van der Waals surface area contributed by atoms with Gasteiger partial charge >= 0.3 is 0 Å². The Bertz CT molecular complexity index is 821. The number of carbonyl (C=O) groups is 1. The monoisotopic (exact) mass is 416 g/mol. The summed E-state index contributed by atoms with van der Waals surface area (Å²) in [7, 11) is 0. The average molecular weight is 417 g/mol. The number of carbonyl (C=O) groups excluding carboxylic acids is 1. The van der Waals surface area contributed by atoms with Crippen molar-refractivity contribution in [3.8, 4) is 0 Å². The van der Waals surface area contributed by atoms with Crippen molar-refractivity contribution in [3.05, 3.63) is 45.9 Å². The van der Waals surface area contributed by atoms with Crippen molar-refractivity contribution in [3.63, 3.8) is 0 Å². The number of anilines is 1. The molecule has 4 rings (SSSR count). The van der Waals surface area contributed by atoms with Crippen LogP contribution in [0.15, 0.2) is 30.3 Å². The summed E-state index contributed by atoms with van der Waals surface area (Å²) in [6, 6.07) is 7.47. The third kappa shape index (κ3) is 4.73. The SMILES string of the molecule is O=C(/C=C/c1ccc(Cl)cc1)N1CCN(c2nnc(C3CCCCC3)s2)CC1. The molecule has 1 aliphatic carbocycles. The number of aromatic nitrogens is 2. The van der Waals surface area contributed by atoms with Gasteiger partial charge in [-0.1, -0.05) is 54.3 Å². The predicted octanol–water partition coefficient (Wildman–Crippen LogP) is 4.60. The maximum Gasteiger partial charge on any atom is 0.246 e. The second kappa shape index (κ2) is 9.05. The molecule has 0 N–H and O–H groups in total. The van der Waals surface area contributed by atoms with Crippen LogP contribution in [0.2, 0.25) is 5.02 Å². The maximum absolute atomic E-state index is 12.5. The summed E-state index contributed by atoms with van der Waals surface area (Å²) in [5, 5.41) is 11.8. The summed E-state index contributed by atoms with van der Waals surface area (Å²) in [5.74, 6) is 0.649. The highest BCUT2D eigenvalue weighted by atomic mass is 35.5. The molecule has 148 valence electrons. The van der Waals surface area contributed by atoms with E-state index in [2.05, 4.69) is 15.1 Å². The molecule has 0 spiro atoms. The largest absolute Gasteiger partial charge is 0.343 e. The number of hydrogen-bond acceptors (Lipinski definition) is 5. The fraction of sp³-hybridized carbons (Fsp3) is 0.476. The highest BCUT2D eigenvalue weighted by Gasteiger charge is 2.24. The quantitative estimate of drug-likeness (QED) is 0.683. The molecule has 1 aliphatic heterocycles. The first kappa shape index (κ1) is 19.4.